The minimum Gasteiger partial charge on any atom is -0.385 e. The van der Waals surface area contributed by atoms with E-state index in [2.05, 4.69) is 27.5 Å². The zero-order chi connectivity index (χ0) is 19.0. The van der Waals surface area contributed by atoms with Gasteiger partial charge in [-0.2, -0.15) is 0 Å². The standard InChI is InChI=1S/C20H30N6O.HI/c1-3-22-19(25-15-20(6-4-7-20)8-12-27-2)24-14-17-5-9-23-18(13-17)26-11-10-21-16-26;/h5,9-11,13,16H,3-4,6-8,12,14-15H2,1-2H3,(H2,22,24,25);1H. The highest BCUT2D eigenvalue weighted by Crippen LogP contribution is 2.43. The minimum atomic E-state index is 0. The molecule has 0 spiro atoms. The maximum Gasteiger partial charge on any atom is 0.191 e. The quantitative estimate of drug-likeness (QED) is 0.316. The number of halogens is 1. The average molecular weight is 498 g/mol. The predicted octanol–water partition coefficient (Wildman–Crippen LogP) is 3.15. The Morgan fingerprint density at radius 1 is 1.32 bits per heavy atom. The molecule has 1 fully saturated rings. The highest BCUT2D eigenvalue weighted by atomic mass is 127. The average Bonchev–Trinajstić information content (AvgIpc) is 3.20. The lowest BCUT2D eigenvalue weighted by molar-refractivity contribution is 0.0732. The molecule has 0 aliphatic heterocycles. The first kappa shape index (κ1) is 22.6. The molecule has 1 aliphatic carbocycles. The summed E-state index contributed by atoms with van der Waals surface area (Å²) in [6, 6.07) is 4.04. The second-order valence-electron chi connectivity index (χ2n) is 7.14. The Morgan fingerprint density at radius 3 is 2.82 bits per heavy atom. The molecule has 2 aromatic heterocycles. The zero-order valence-corrected chi connectivity index (χ0v) is 19.1. The van der Waals surface area contributed by atoms with Gasteiger partial charge in [-0.25, -0.2) is 15.0 Å². The van der Waals surface area contributed by atoms with Gasteiger partial charge in [-0.1, -0.05) is 6.42 Å². The van der Waals surface area contributed by atoms with Gasteiger partial charge in [0.2, 0.25) is 0 Å². The van der Waals surface area contributed by atoms with Crippen LogP contribution in [0.15, 0.2) is 42.0 Å². The molecule has 2 aromatic rings. The van der Waals surface area contributed by atoms with Gasteiger partial charge in [-0.05, 0) is 49.3 Å². The topological polar surface area (TPSA) is 76.4 Å². The van der Waals surface area contributed by atoms with Gasteiger partial charge in [0.25, 0.3) is 0 Å². The maximum atomic E-state index is 5.29. The number of ether oxygens (including phenoxy) is 1. The summed E-state index contributed by atoms with van der Waals surface area (Å²) in [5, 5.41) is 6.89. The smallest absolute Gasteiger partial charge is 0.191 e. The van der Waals surface area contributed by atoms with E-state index in [1.165, 1.54) is 19.3 Å². The van der Waals surface area contributed by atoms with Crippen LogP contribution in [0.25, 0.3) is 5.82 Å². The van der Waals surface area contributed by atoms with Crippen molar-refractivity contribution in [3.63, 3.8) is 0 Å². The normalized spacial score (nSPS) is 15.4. The summed E-state index contributed by atoms with van der Waals surface area (Å²) < 4.78 is 7.18. The van der Waals surface area contributed by atoms with E-state index in [4.69, 9.17) is 9.73 Å². The van der Waals surface area contributed by atoms with Gasteiger partial charge < -0.3 is 15.4 Å². The number of methoxy groups -OCH3 is 1. The van der Waals surface area contributed by atoms with E-state index in [9.17, 15) is 0 Å². The highest BCUT2D eigenvalue weighted by molar-refractivity contribution is 14.0. The number of aromatic nitrogens is 3. The summed E-state index contributed by atoms with van der Waals surface area (Å²) in [6.45, 7) is 5.30. The first-order chi connectivity index (χ1) is 13.2. The Labute approximate surface area is 184 Å². The summed E-state index contributed by atoms with van der Waals surface area (Å²) in [4.78, 5) is 13.2. The first-order valence-corrected chi connectivity index (χ1v) is 9.69. The van der Waals surface area contributed by atoms with Crippen LogP contribution in [0.5, 0.6) is 0 Å². The molecule has 0 saturated heterocycles. The van der Waals surface area contributed by atoms with Gasteiger partial charge in [0.1, 0.15) is 12.1 Å². The van der Waals surface area contributed by atoms with Gasteiger partial charge in [0.15, 0.2) is 5.96 Å². The number of nitrogens with one attached hydrogen (secondary N) is 2. The highest BCUT2D eigenvalue weighted by Gasteiger charge is 2.36. The molecule has 2 heterocycles. The van der Waals surface area contributed by atoms with Crippen molar-refractivity contribution in [1.29, 1.82) is 0 Å². The summed E-state index contributed by atoms with van der Waals surface area (Å²) in [6.07, 6.45) is 12.1. The van der Waals surface area contributed by atoms with Crippen molar-refractivity contribution in [2.45, 2.75) is 39.2 Å². The van der Waals surface area contributed by atoms with Crippen LogP contribution in [0.4, 0.5) is 0 Å². The molecule has 28 heavy (non-hydrogen) atoms. The Morgan fingerprint density at radius 2 is 2.18 bits per heavy atom. The molecule has 0 radical (unpaired) electrons. The molecule has 0 bridgehead atoms. The van der Waals surface area contributed by atoms with Crippen molar-refractivity contribution in [2.75, 3.05) is 26.8 Å². The molecule has 0 amide bonds. The number of rotatable bonds is 9. The van der Waals surface area contributed by atoms with Crippen LogP contribution in [-0.2, 0) is 11.3 Å². The molecule has 154 valence electrons. The number of imidazole rings is 1. The summed E-state index contributed by atoms with van der Waals surface area (Å²) in [7, 11) is 1.78. The summed E-state index contributed by atoms with van der Waals surface area (Å²) in [5.41, 5.74) is 1.47. The fraction of sp³-hybridized carbons (Fsp3) is 0.550. The molecule has 1 saturated carbocycles. The summed E-state index contributed by atoms with van der Waals surface area (Å²) in [5.74, 6) is 1.72. The SMILES string of the molecule is CCNC(=NCc1ccnc(-n2ccnc2)c1)NCC1(CCOC)CCC1.I. The van der Waals surface area contributed by atoms with Gasteiger partial charge in [0.05, 0.1) is 6.54 Å². The molecule has 3 rings (SSSR count). The number of hydrogen-bond donors (Lipinski definition) is 2. The van der Waals surface area contributed by atoms with Crippen LogP contribution in [0.2, 0.25) is 0 Å². The third kappa shape index (κ3) is 6.16. The molecular weight excluding hydrogens is 467 g/mol. The molecular formula is C20H31IN6O. The third-order valence-corrected chi connectivity index (χ3v) is 5.22. The van der Waals surface area contributed by atoms with Gasteiger partial charge >= 0.3 is 0 Å². The van der Waals surface area contributed by atoms with Crippen LogP contribution in [0.3, 0.4) is 0 Å². The fourth-order valence-electron chi connectivity index (χ4n) is 3.39. The van der Waals surface area contributed by atoms with Crippen molar-refractivity contribution in [3.05, 3.63) is 42.6 Å². The van der Waals surface area contributed by atoms with Crippen LogP contribution in [0, 0.1) is 5.41 Å². The minimum absolute atomic E-state index is 0. The molecule has 2 N–H and O–H groups in total. The zero-order valence-electron chi connectivity index (χ0n) is 16.7. The predicted molar refractivity (Wildman–Crippen MR) is 122 cm³/mol. The van der Waals surface area contributed by atoms with Crippen molar-refractivity contribution in [1.82, 2.24) is 25.2 Å². The molecule has 0 atom stereocenters. The second kappa shape index (κ2) is 11.4. The van der Waals surface area contributed by atoms with E-state index in [1.54, 1.807) is 19.6 Å². The maximum absolute atomic E-state index is 5.29. The Kier molecular flexibility index (Phi) is 9.17. The fourth-order valence-corrected chi connectivity index (χ4v) is 3.39. The monoisotopic (exact) mass is 498 g/mol. The number of hydrogen-bond acceptors (Lipinski definition) is 4. The van der Waals surface area contributed by atoms with E-state index >= 15 is 0 Å². The largest absolute Gasteiger partial charge is 0.385 e. The third-order valence-electron chi connectivity index (χ3n) is 5.22. The lowest BCUT2D eigenvalue weighted by Gasteiger charge is -2.42. The van der Waals surface area contributed by atoms with E-state index in [1.807, 2.05) is 29.1 Å². The van der Waals surface area contributed by atoms with Crippen LogP contribution in [0.1, 0.15) is 38.2 Å². The molecule has 8 heteroatoms. The second-order valence-corrected chi connectivity index (χ2v) is 7.14. The van der Waals surface area contributed by atoms with Crippen molar-refractivity contribution in [2.24, 2.45) is 10.4 Å². The molecule has 1 aliphatic rings. The number of pyridine rings is 1. The Balaban J connectivity index is 0.00000280. The summed E-state index contributed by atoms with van der Waals surface area (Å²) >= 11 is 0. The van der Waals surface area contributed by atoms with Crippen molar-refractivity contribution in [3.8, 4) is 5.82 Å². The molecule has 7 nitrogen and oxygen atoms in total. The number of aliphatic imine (C=N–C) groups is 1. The van der Waals surface area contributed by atoms with E-state index < -0.39 is 0 Å². The molecule has 0 unspecified atom stereocenters. The van der Waals surface area contributed by atoms with Gasteiger partial charge in [-0.15, -0.1) is 24.0 Å². The number of guanidine groups is 1. The van der Waals surface area contributed by atoms with Crippen LogP contribution >= 0.6 is 24.0 Å². The van der Waals surface area contributed by atoms with Crippen molar-refractivity contribution >= 4 is 29.9 Å². The Hall–Kier alpha value is -1.68. The van der Waals surface area contributed by atoms with Crippen LogP contribution in [-0.4, -0.2) is 47.3 Å². The van der Waals surface area contributed by atoms with E-state index in [0.29, 0.717) is 12.0 Å². The lowest BCUT2D eigenvalue weighted by atomic mass is 9.67. The van der Waals surface area contributed by atoms with Crippen molar-refractivity contribution < 1.29 is 4.74 Å². The van der Waals surface area contributed by atoms with E-state index in [-0.39, 0.29) is 24.0 Å². The van der Waals surface area contributed by atoms with Gasteiger partial charge in [-0.3, -0.25) is 4.57 Å². The molecule has 0 aromatic carbocycles. The van der Waals surface area contributed by atoms with Crippen LogP contribution < -0.4 is 10.6 Å². The van der Waals surface area contributed by atoms with Gasteiger partial charge in [0, 0.05) is 45.4 Å². The lowest BCUT2D eigenvalue weighted by Crippen LogP contribution is -2.46. The first-order valence-electron chi connectivity index (χ1n) is 9.69. The number of nitrogens with zero attached hydrogens (tertiary/aromatic N) is 4. The Bertz CT molecular complexity index is 730. The van der Waals surface area contributed by atoms with E-state index in [0.717, 1.165) is 43.5 Å².